The number of carbonyl (C=O) groups is 1. The second-order valence-electron chi connectivity index (χ2n) is 7.46. The molecule has 3 aromatic heterocycles. The number of imidazole rings is 1. The van der Waals surface area contributed by atoms with Crippen LogP contribution in [0.4, 0.5) is 13.2 Å². The third-order valence-corrected chi connectivity index (χ3v) is 9.35. The van der Waals surface area contributed by atoms with Crippen molar-refractivity contribution in [3.8, 4) is 11.5 Å². The van der Waals surface area contributed by atoms with E-state index in [1.54, 1.807) is 0 Å². The molecule has 0 atom stereocenters. The van der Waals surface area contributed by atoms with Crippen LogP contribution in [-0.2, 0) is 32.8 Å². The van der Waals surface area contributed by atoms with E-state index in [1.807, 2.05) is 0 Å². The van der Waals surface area contributed by atoms with E-state index in [0.717, 1.165) is 24.5 Å². The molecular formula is C19H18F3N5O4S2. The maximum atomic E-state index is 13.0. The highest BCUT2D eigenvalue weighted by Gasteiger charge is 2.33. The van der Waals surface area contributed by atoms with Gasteiger partial charge in [-0.2, -0.15) is 17.5 Å². The first kappa shape index (κ1) is 23.3. The minimum absolute atomic E-state index is 0.0148. The van der Waals surface area contributed by atoms with Crippen LogP contribution in [0.25, 0.3) is 22.6 Å². The molecule has 0 aliphatic carbocycles. The van der Waals surface area contributed by atoms with Crippen LogP contribution in [0.15, 0.2) is 33.8 Å². The minimum Gasteiger partial charge on any atom is -0.324 e. The van der Waals surface area contributed by atoms with Crippen LogP contribution in [0, 0.1) is 0 Å². The molecule has 1 aliphatic rings. The Labute approximate surface area is 187 Å². The minimum atomic E-state index is -4.67. The smallest absolute Gasteiger partial charge is 0.324 e. The van der Waals surface area contributed by atoms with Crippen molar-refractivity contribution in [1.29, 1.82) is 0 Å². The van der Waals surface area contributed by atoms with Gasteiger partial charge in [-0.3, -0.25) is 9.78 Å². The lowest BCUT2D eigenvalue weighted by Crippen LogP contribution is -2.24. The quantitative estimate of drug-likeness (QED) is 0.538. The largest absolute Gasteiger partial charge is 0.433 e. The topological polar surface area (TPSA) is 124 Å². The molecular weight excluding hydrogens is 483 g/mol. The summed E-state index contributed by atoms with van der Waals surface area (Å²) < 4.78 is 82.1. The molecule has 0 saturated carbocycles. The summed E-state index contributed by atoms with van der Waals surface area (Å²) in [5, 5.41) is 0. The normalized spacial score (nSPS) is 15.9. The molecule has 0 unspecified atom stereocenters. The molecule has 4 rings (SSSR count). The number of aromatic nitrogens is 4. The number of halogens is 3. The Bertz CT molecular complexity index is 1510. The SMILES string of the molecule is CCS(=O)(=O)c1cc(C(=O)N=S2(=O)CCC2)cnc1-c1nc2cc(C(F)(F)F)ncc2n1C. The van der Waals surface area contributed by atoms with Gasteiger partial charge in [-0.05, 0) is 18.6 Å². The lowest BCUT2D eigenvalue weighted by molar-refractivity contribution is -0.141. The third kappa shape index (κ3) is 4.24. The van der Waals surface area contributed by atoms with Gasteiger partial charge in [-0.25, -0.2) is 22.6 Å². The number of rotatable bonds is 4. The van der Waals surface area contributed by atoms with E-state index >= 15 is 0 Å². The summed E-state index contributed by atoms with van der Waals surface area (Å²) in [5.41, 5.74) is -1.24. The van der Waals surface area contributed by atoms with Crippen molar-refractivity contribution in [3.63, 3.8) is 0 Å². The fraction of sp³-hybridized carbons (Fsp3) is 0.368. The van der Waals surface area contributed by atoms with Gasteiger partial charge in [0.15, 0.2) is 15.7 Å². The Hall–Kier alpha value is -2.87. The van der Waals surface area contributed by atoms with Crippen molar-refractivity contribution in [1.82, 2.24) is 19.5 Å². The Morgan fingerprint density at radius 3 is 2.48 bits per heavy atom. The van der Waals surface area contributed by atoms with E-state index < -0.39 is 37.3 Å². The van der Waals surface area contributed by atoms with Crippen molar-refractivity contribution in [2.45, 2.75) is 24.4 Å². The van der Waals surface area contributed by atoms with Crippen LogP contribution >= 0.6 is 0 Å². The van der Waals surface area contributed by atoms with Gasteiger partial charge in [0.25, 0.3) is 5.91 Å². The number of amides is 1. The monoisotopic (exact) mass is 501 g/mol. The molecule has 0 aromatic carbocycles. The van der Waals surface area contributed by atoms with Gasteiger partial charge in [-0.15, -0.1) is 0 Å². The summed E-state index contributed by atoms with van der Waals surface area (Å²) in [7, 11) is -5.06. The average molecular weight is 502 g/mol. The third-order valence-electron chi connectivity index (χ3n) is 5.26. The lowest BCUT2D eigenvalue weighted by Gasteiger charge is -2.17. The fourth-order valence-electron chi connectivity index (χ4n) is 3.26. The maximum absolute atomic E-state index is 13.0. The highest BCUT2D eigenvalue weighted by Crippen LogP contribution is 2.32. The fourth-order valence-corrected chi connectivity index (χ4v) is 5.69. The molecule has 0 spiro atoms. The van der Waals surface area contributed by atoms with Crippen molar-refractivity contribution in [2.75, 3.05) is 17.3 Å². The Kier molecular flexibility index (Phi) is 5.55. The molecule has 0 bridgehead atoms. The summed E-state index contributed by atoms with van der Waals surface area (Å²) in [5.74, 6) is -0.567. The number of fused-ring (bicyclic) bond motifs is 1. The number of aryl methyl sites for hydroxylation is 1. The molecule has 1 saturated heterocycles. The number of nitrogens with zero attached hydrogens (tertiary/aromatic N) is 5. The number of alkyl halides is 3. The van der Waals surface area contributed by atoms with Crippen LogP contribution in [0.3, 0.4) is 0 Å². The number of sulfone groups is 1. The van der Waals surface area contributed by atoms with E-state index in [2.05, 4.69) is 19.3 Å². The molecule has 1 fully saturated rings. The first-order valence-electron chi connectivity index (χ1n) is 9.74. The summed E-state index contributed by atoms with van der Waals surface area (Å²) in [6.45, 7) is 1.40. The van der Waals surface area contributed by atoms with Crippen LogP contribution in [-0.4, -0.2) is 55.3 Å². The molecule has 1 aliphatic heterocycles. The predicted molar refractivity (Wildman–Crippen MR) is 114 cm³/mol. The van der Waals surface area contributed by atoms with E-state index in [-0.39, 0.29) is 38.8 Å². The highest BCUT2D eigenvalue weighted by molar-refractivity contribution is 7.95. The van der Waals surface area contributed by atoms with Gasteiger partial charge < -0.3 is 4.57 Å². The standard InChI is InChI=1S/C19H18F3N5O4S2/c1-3-33(30,31)14-7-11(18(28)26-32(29)5-4-6-32)9-24-16(14)17-25-12-8-15(19(20,21)22)23-10-13(12)27(17)2/h7-10H,3-6H2,1-2H3. The second kappa shape index (κ2) is 7.87. The molecule has 3 aromatic rings. The summed E-state index contributed by atoms with van der Waals surface area (Å²) in [6.07, 6.45) is -1.89. The van der Waals surface area contributed by atoms with Crippen LogP contribution in [0.2, 0.25) is 0 Å². The molecule has 176 valence electrons. The molecule has 9 nitrogen and oxygen atoms in total. The van der Waals surface area contributed by atoms with Gasteiger partial charge in [0.05, 0.1) is 43.2 Å². The molecule has 1 amide bonds. The van der Waals surface area contributed by atoms with Gasteiger partial charge in [0.2, 0.25) is 0 Å². The maximum Gasteiger partial charge on any atom is 0.433 e. The molecule has 4 heterocycles. The number of pyridine rings is 2. The average Bonchev–Trinajstić information content (AvgIpc) is 3.07. The predicted octanol–water partition coefficient (Wildman–Crippen LogP) is 2.85. The van der Waals surface area contributed by atoms with Crippen molar-refractivity contribution in [2.24, 2.45) is 11.4 Å². The van der Waals surface area contributed by atoms with Crippen molar-refractivity contribution >= 4 is 36.5 Å². The van der Waals surface area contributed by atoms with Crippen molar-refractivity contribution in [3.05, 3.63) is 35.8 Å². The van der Waals surface area contributed by atoms with Gasteiger partial charge in [0, 0.05) is 24.8 Å². The van der Waals surface area contributed by atoms with Crippen LogP contribution in [0.1, 0.15) is 29.4 Å². The van der Waals surface area contributed by atoms with Crippen LogP contribution in [0.5, 0.6) is 0 Å². The molecule has 33 heavy (non-hydrogen) atoms. The zero-order valence-corrected chi connectivity index (χ0v) is 19.1. The second-order valence-corrected chi connectivity index (χ2v) is 12.2. The Morgan fingerprint density at radius 1 is 1.21 bits per heavy atom. The molecule has 14 heteroatoms. The van der Waals surface area contributed by atoms with Gasteiger partial charge >= 0.3 is 6.18 Å². The number of hydrogen-bond acceptors (Lipinski definition) is 7. The number of carbonyl (C=O) groups excluding carboxylic acids is 1. The molecule has 0 radical (unpaired) electrons. The first-order valence-corrected chi connectivity index (χ1v) is 13.2. The Morgan fingerprint density at radius 2 is 1.91 bits per heavy atom. The van der Waals surface area contributed by atoms with E-state index in [9.17, 15) is 30.6 Å². The van der Waals surface area contributed by atoms with Gasteiger partial charge in [0.1, 0.15) is 11.4 Å². The lowest BCUT2D eigenvalue weighted by atomic mass is 10.2. The van der Waals surface area contributed by atoms with E-state index in [1.165, 1.54) is 18.5 Å². The molecule has 0 N–H and O–H groups in total. The zero-order valence-electron chi connectivity index (χ0n) is 17.5. The van der Waals surface area contributed by atoms with E-state index in [0.29, 0.717) is 17.9 Å². The van der Waals surface area contributed by atoms with E-state index in [4.69, 9.17) is 0 Å². The summed E-state index contributed by atoms with van der Waals surface area (Å²) in [6, 6.07) is 1.85. The highest BCUT2D eigenvalue weighted by atomic mass is 32.2. The zero-order chi connectivity index (χ0) is 24.2. The number of hydrogen-bond donors (Lipinski definition) is 0. The first-order chi connectivity index (χ1) is 15.3. The summed E-state index contributed by atoms with van der Waals surface area (Å²) >= 11 is 0. The van der Waals surface area contributed by atoms with Crippen LogP contribution < -0.4 is 0 Å². The summed E-state index contributed by atoms with van der Waals surface area (Å²) in [4.78, 5) is 23.8. The van der Waals surface area contributed by atoms with Crippen molar-refractivity contribution < 1.29 is 30.6 Å². The van der Waals surface area contributed by atoms with Gasteiger partial charge in [-0.1, -0.05) is 6.92 Å². The Balaban J connectivity index is 1.89.